The second kappa shape index (κ2) is 13.3. The van der Waals surface area contributed by atoms with E-state index >= 15 is 0 Å². The number of aliphatic hydroxyl groups is 1. The van der Waals surface area contributed by atoms with Gasteiger partial charge in [0.1, 0.15) is 0 Å². The Morgan fingerprint density at radius 1 is 1.23 bits per heavy atom. The first-order valence-corrected chi connectivity index (χ1v) is 10.6. The lowest BCUT2D eigenvalue weighted by Crippen LogP contribution is -2.40. The molecule has 0 aliphatic carbocycles. The van der Waals surface area contributed by atoms with Crippen molar-refractivity contribution in [3.8, 4) is 0 Å². The summed E-state index contributed by atoms with van der Waals surface area (Å²) >= 11 is 0. The zero-order valence-electron chi connectivity index (χ0n) is 17.9. The van der Waals surface area contributed by atoms with E-state index in [1.165, 1.54) is 5.56 Å². The van der Waals surface area contributed by atoms with Crippen LogP contribution < -0.4 is 10.6 Å². The maximum Gasteiger partial charge on any atom is 0.223 e. The van der Waals surface area contributed by atoms with Gasteiger partial charge in [-0.1, -0.05) is 30.3 Å². The molecule has 1 aromatic heterocycles. The molecule has 2 atom stereocenters. The number of hydrogen-bond acceptors (Lipinski definition) is 4. The number of amides is 1. The fraction of sp³-hybridized carbons (Fsp3) is 0.435. The topological polar surface area (TPSA) is 89.9 Å². The third kappa shape index (κ3) is 8.10. The summed E-state index contributed by atoms with van der Waals surface area (Å²) in [5.74, 6) is 1.12. The second-order valence-corrected chi connectivity index (χ2v) is 7.54. The molecule has 0 bridgehead atoms. The molecule has 0 spiro atoms. The lowest BCUT2D eigenvalue weighted by Gasteiger charge is -2.18. The third-order valence-corrected chi connectivity index (χ3v) is 5.22. The minimum Gasteiger partial charge on any atom is -0.386 e. The van der Waals surface area contributed by atoms with Crippen LogP contribution in [0.5, 0.6) is 0 Å². The molecule has 31 heavy (non-hydrogen) atoms. The molecule has 2 heterocycles. The molecule has 3 rings (SSSR count). The molecule has 168 valence electrons. The highest BCUT2D eigenvalue weighted by Crippen LogP contribution is 2.18. The highest BCUT2D eigenvalue weighted by atomic mass is 127. The average Bonchev–Trinajstić information content (AvgIpc) is 3.14. The van der Waals surface area contributed by atoms with Gasteiger partial charge in [0.2, 0.25) is 5.91 Å². The van der Waals surface area contributed by atoms with Gasteiger partial charge >= 0.3 is 0 Å². The molecule has 2 unspecified atom stereocenters. The predicted octanol–water partition coefficient (Wildman–Crippen LogP) is 2.38. The van der Waals surface area contributed by atoms with Crippen LogP contribution >= 0.6 is 24.0 Å². The van der Waals surface area contributed by atoms with E-state index in [9.17, 15) is 9.90 Å². The number of halogens is 1. The summed E-state index contributed by atoms with van der Waals surface area (Å²) in [7, 11) is 0. The van der Waals surface area contributed by atoms with Crippen molar-refractivity contribution in [2.75, 3.05) is 32.7 Å². The number of carbonyl (C=O) groups excluding carboxylic acids is 1. The Morgan fingerprint density at radius 2 is 1.97 bits per heavy atom. The zero-order chi connectivity index (χ0) is 21.2. The number of aliphatic hydroxyl groups excluding tert-OH is 1. The van der Waals surface area contributed by atoms with Gasteiger partial charge in [0.05, 0.1) is 12.6 Å². The van der Waals surface area contributed by atoms with Crippen LogP contribution in [0.1, 0.15) is 30.6 Å². The number of rotatable bonds is 9. The first-order valence-electron chi connectivity index (χ1n) is 10.6. The Bertz CT molecular complexity index is 819. The Balaban J connectivity index is 0.00000341. The minimum atomic E-state index is -0.676. The summed E-state index contributed by atoms with van der Waals surface area (Å²) in [6, 6.07) is 13.8. The van der Waals surface area contributed by atoms with Crippen LogP contribution in [0.3, 0.4) is 0 Å². The van der Waals surface area contributed by atoms with Gasteiger partial charge in [-0.05, 0) is 36.6 Å². The standard InChI is InChI=1S/C23H31N5O2.HI/c1-2-25-23(27-16-21(29)20-8-11-24-12-9-20)26-15-19-14-22(30)28(17-19)13-10-18-6-4-3-5-7-18;/h3-9,11-12,19,21,29H,2,10,13-17H2,1H3,(H2,25,26,27);1H. The van der Waals surface area contributed by atoms with Crippen LogP contribution in [-0.2, 0) is 11.2 Å². The van der Waals surface area contributed by atoms with Crippen LogP contribution in [0, 0.1) is 5.92 Å². The quantitative estimate of drug-likeness (QED) is 0.260. The van der Waals surface area contributed by atoms with Crippen molar-refractivity contribution in [1.29, 1.82) is 0 Å². The van der Waals surface area contributed by atoms with E-state index < -0.39 is 6.10 Å². The Kier molecular flexibility index (Phi) is 10.7. The molecule has 1 aromatic carbocycles. The average molecular weight is 537 g/mol. The van der Waals surface area contributed by atoms with Gasteiger partial charge in [0.15, 0.2) is 5.96 Å². The number of benzene rings is 1. The first kappa shape index (κ1) is 25.1. The van der Waals surface area contributed by atoms with E-state index in [0.29, 0.717) is 18.9 Å². The summed E-state index contributed by atoms with van der Waals surface area (Å²) in [6.45, 7) is 5.17. The molecule has 1 aliphatic rings. The predicted molar refractivity (Wildman–Crippen MR) is 133 cm³/mol. The van der Waals surface area contributed by atoms with Crippen LogP contribution in [0.2, 0.25) is 0 Å². The van der Waals surface area contributed by atoms with E-state index in [1.54, 1.807) is 24.5 Å². The SMILES string of the molecule is CCNC(=NCC(O)c1ccncc1)NCC1CC(=O)N(CCc2ccccc2)C1.I. The molecular formula is C23H32IN5O2. The normalized spacial score (nSPS) is 17.2. The zero-order valence-corrected chi connectivity index (χ0v) is 20.2. The van der Waals surface area contributed by atoms with Crippen molar-refractivity contribution in [2.24, 2.45) is 10.9 Å². The van der Waals surface area contributed by atoms with Crippen LogP contribution in [0.15, 0.2) is 59.9 Å². The second-order valence-electron chi connectivity index (χ2n) is 7.54. The maximum atomic E-state index is 12.4. The van der Waals surface area contributed by atoms with Crippen molar-refractivity contribution in [3.05, 3.63) is 66.0 Å². The van der Waals surface area contributed by atoms with Gasteiger partial charge in [-0.15, -0.1) is 24.0 Å². The van der Waals surface area contributed by atoms with Crippen LogP contribution in [-0.4, -0.2) is 59.6 Å². The van der Waals surface area contributed by atoms with Gasteiger partial charge in [-0.3, -0.25) is 14.8 Å². The molecule has 8 heteroatoms. The van der Waals surface area contributed by atoms with E-state index in [-0.39, 0.29) is 42.3 Å². The lowest BCUT2D eigenvalue weighted by molar-refractivity contribution is -0.127. The number of hydrogen-bond donors (Lipinski definition) is 3. The molecule has 1 amide bonds. The number of pyridine rings is 1. The number of nitrogens with zero attached hydrogens (tertiary/aromatic N) is 3. The van der Waals surface area contributed by atoms with Crippen LogP contribution in [0.4, 0.5) is 0 Å². The molecular weight excluding hydrogens is 505 g/mol. The van der Waals surface area contributed by atoms with Crippen molar-refractivity contribution in [2.45, 2.75) is 25.9 Å². The van der Waals surface area contributed by atoms with E-state index in [1.807, 2.05) is 30.0 Å². The smallest absolute Gasteiger partial charge is 0.223 e. The van der Waals surface area contributed by atoms with Gasteiger partial charge in [-0.25, -0.2) is 0 Å². The fourth-order valence-electron chi connectivity index (χ4n) is 3.57. The fourth-order valence-corrected chi connectivity index (χ4v) is 3.57. The first-order chi connectivity index (χ1) is 14.7. The number of guanidine groups is 1. The number of carbonyl (C=O) groups is 1. The van der Waals surface area contributed by atoms with Crippen molar-refractivity contribution in [1.82, 2.24) is 20.5 Å². The Morgan fingerprint density at radius 3 is 2.68 bits per heavy atom. The summed E-state index contributed by atoms with van der Waals surface area (Å²) < 4.78 is 0. The molecule has 3 N–H and O–H groups in total. The van der Waals surface area contributed by atoms with Gasteiger partial charge in [-0.2, -0.15) is 0 Å². The van der Waals surface area contributed by atoms with E-state index in [0.717, 1.165) is 31.6 Å². The summed E-state index contributed by atoms with van der Waals surface area (Å²) in [5.41, 5.74) is 2.04. The molecule has 2 aromatic rings. The monoisotopic (exact) mass is 537 g/mol. The molecule has 1 fully saturated rings. The van der Waals surface area contributed by atoms with Gasteiger partial charge in [0, 0.05) is 50.9 Å². The molecule has 0 saturated carbocycles. The molecule has 0 radical (unpaired) electrons. The third-order valence-electron chi connectivity index (χ3n) is 5.22. The van der Waals surface area contributed by atoms with Gasteiger partial charge in [0.25, 0.3) is 0 Å². The van der Waals surface area contributed by atoms with E-state index in [4.69, 9.17) is 0 Å². The largest absolute Gasteiger partial charge is 0.386 e. The maximum absolute atomic E-state index is 12.4. The molecule has 7 nitrogen and oxygen atoms in total. The minimum absolute atomic E-state index is 0. The summed E-state index contributed by atoms with van der Waals surface area (Å²) in [6.07, 6.45) is 4.08. The number of likely N-dealkylation sites (tertiary alicyclic amines) is 1. The number of aromatic nitrogens is 1. The Hall–Kier alpha value is -2.20. The summed E-state index contributed by atoms with van der Waals surface area (Å²) in [4.78, 5) is 22.8. The summed E-state index contributed by atoms with van der Waals surface area (Å²) in [5, 5.41) is 16.8. The van der Waals surface area contributed by atoms with Crippen molar-refractivity contribution in [3.63, 3.8) is 0 Å². The highest BCUT2D eigenvalue weighted by Gasteiger charge is 2.29. The number of aliphatic imine (C=N–C) groups is 1. The Labute approximate surface area is 201 Å². The van der Waals surface area contributed by atoms with Crippen LogP contribution in [0.25, 0.3) is 0 Å². The van der Waals surface area contributed by atoms with E-state index in [2.05, 4.69) is 32.7 Å². The highest BCUT2D eigenvalue weighted by molar-refractivity contribution is 14.0. The lowest BCUT2D eigenvalue weighted by atomic mass is 10.1. The number of nitrogens with one attached hydrogen (secondary N) is 2. The van der Waals surface area contributed by atoms with Crippen molar-refractivity contribution >= 4 is 35.8 Å². The molecule has 1 aliphatic heterocycles. The molecule has 1 saturated heterocycles. The van der Waals surface area contributed by atoms with Gasteiger partial charge < -0.3 is 20.6 Å². The van der Waals surface area contributed by atoms with Crippen molar-refractivity contribution < 1.29 is 9.90 Å².